The molecule has 112 valence electrons. The van der Waals surface area contributed by atoms with Gasteiger partial charge in [0.15, 0.2) is 11.5 Å². The number of hydrogen-bond acceptors (Lipinski definition) is 5. The Bertz CT molecular complexity index is 624. The van der Waals surface area contributed by atoms with E-state index in [-0.39, 0.29) is 18.1 Å². The highest BCUT2D eigenvalue weighted by Gasteiger charge is 2.30. The summed E-state index contributed by atoms with van der Waals surface area (Å²) in [6.07, 6.45) is -2.56. The topological polar surface area (TPSA) is 81.9 Å². The third-order valence-corrected chi connectivity index (χ3v) is 2.35. The average molecular weight is 301 g/mol. The molecule has 0 bridgehead atoms. The fraction of sp³-hybridized carbons (Fsp3) is 0.273. The first-order chi connectivity index (χ1) is 9.91. The van der Waals surface area contributed by atoms with Gasteiger partial charge in [0.25, 0.3) is 5.91 Å². The van der Waals surface area contributed by atoms with Crippen LogP contribution in [0.4, 0.5) is 13.2 Å². The van der Waals surface area contributed by atoms with Gasteiger partial charge >= 0.3 is 6.18 Å². The summed E-state index contributed by atoms with van der Waals surface area (Å²) in [7, 11) is 0. The largest absolute Gasteiger partial charge is 0.417 e. The van der Waals surface area contributed by atoms with Gasteiger partial charge in [0.05, 0.1) is 18.4 Å². The van der Waals surface area contributed by atoms with Crippen molar-refractivity contribution in [2.24, 2.45) is 0 Å². The Hall–Kier alpha value is -2.49. The number of alkyl halides is 3. The normalized spacial score (nSPS) is 11.4. The Morgan fingerprint density at radius 2 is 2.19 bits per heavy atom. The molecule has 2 aromatic rings. The molecule has 0 saturated heterocycles. The van der Waals surface area contributed by atoms with Crippen LogP contribution in [0, 0.1) is 0 Å². The minimum atomic E-state index is -4.46. The van der Waals surface area contributed by atoms with E-state index in [9.17, 15) is 18.0 Å². The van der Waals surface area contributed by atoms with E-state index in [0.717, 1.165) is 16.8 Å². The van der Waals surface area contributed by atoms with Crippen molar-refractivity contribution < 1.29 is 22.8 Å². The number of pyridine rings is 1. The van der Waals surface area contributed by atoms with E-state index in [2.05, 4.69) is 20.8 Å². The molecule has 0 aliphatic heterocycles. The number of carbonyl (C=O) groups excluding carboxylic acids is 1. The minimum Gasteiger partial charge on any atom is -0.274 e. The number of rotatable bonds is 4. The summed E-state index contributed by atoms with van der Waals surface area (Å²) >= 11 is 0. The number of nitrogens with one attached hydrogen (secondary N) is 1. The molecule has 1 amide bonds. The maximum Gasteiger partial charge on any atom is 0.417 e. The van der Waals surface area contributed by atoms with Gasteiger partial charge in [-0.25, -0.2) is 15.1 Å². The number of halogens is 3. The molecule has 10 heteroatoms. The lowest BCUT2D eigenvalue weighted by molar-refractivity contribution is -0.137. The molecule has 21 heavy (non-hydrogen) atoms. The van der Waals surface area contributed by atoms with E-state index in [1.54, 1.807) is 6.92 Å². The second kappa shape index (κ2) is 5.87. The standard InChI is InChI=1S/C11H10F3N5O2/c1-2-21-17-10(20)8-6-19(18-16-8)9-4-3-7(5-15-9)11(12,13)14/h3-6H,2H2,1H3,(H,17,20). The molecule has 0 spiro atoms. The number of aromatic nitrogens is 4. The Kier molecular flexibility index (Phi) is 4.17. The van der Waals surface area contributed by atoms with Crippen LogP contribution in [0.2, 0.25) is 0 Å². The van der Waals surface area contributed by atoms with Crippen molar-refractivity contribution in [1.82, 2.24) is 25.5 Å². The van der Waals surface area contributed by atoms with Crippen molar-refractivity contribution in [2.75, 3.05) is 6.61 Å². The molecular formula is C11H10F3N5O2. The zero-order valence-corrected chi connectivity index (χ0v) is 10.8. The highest BCUT2D eigenvalue weighted by Crippen LogP contribution is 2.28. The average Bonchev–Trinajstić information content (AvgIpc) is 2.94. The summed E-state index contributed by atoms with van der Waals surface area (Å²) in [6, 6.07) is 1.99. The summed E-state index contributed by atoms with van der Waals surface area (Å²) in [6.45, 7) is 1.96. The van der Waals surface area contributed by atoms with Crippen molar-refractivity contribution in [3.63, 3.8) is 0 Å². The molecule has 1 N–H and O–H groups in total. The number of nitrogens with zero attached hydrogens (tertiary/aromatic N) is 4. The van der Waals surface area contributed by atoms with Crippen LogP contribution in [-0.4, -0.2) is 32.5 Å². The summed E-state index contributed by atoms with van der Waals surface area (Å²) in [4.78, 5) is 19.8. The molecule has 0 aliphatic rings. The number of amides is 1. The Labute approximate surface area is 116 Å². The summed E-state index contributed by atoms with van der Waals surface area (Å²) in [5, 5.41) is 7.19. The molecule has 0 atom stereocenters. The fourth-order valence-electron chi connectivity index (χ4n) is 1.36. The first kappa shape index (κ1) is 14.9. The van der Waals surface area contributed by atoms with Gasteiger partial charge < -0.3 is 0 Å². The smallest absolute Gasteiger partial charge is 0.274 e. The molecule has 0 saturated carbocycles. The first-order valence-corrected chi connectivity index (χ1v) is 5.80. The van der Waals surface area contributed by atoms with E-state index in [0.29, 0.717) is 6.20 Å². The molecule has 2 aromatic heterocycles. The quantitative estimate of drug-likeness (QED) is 0.862. The lowest BCUT2D eigenvalue weighted by Gasteiger charge is -2.06. The zero-order chi connectivity index (χ0) is 15.5. The van der Waals surface area contributed by atoms with Crippen molar-refractivity contribution in [3.8, 4) is 5.82 Å². The maximum absolute atomic E-state index is 12.4. The van der Waals surface area contributed by atoms with E-state index >= 15 is 0 Å². The van der Waals surface area contributed by atoms with Crippen molar-refractivity contribution in [1.29, 1.82) is 0 Å². The van der Waals surface area contributed by atoms with E-state index < -0.39 is 17.6 Å². The predicted molar refractivity (Wildman–Crippen MR) is 63.2 cm³/mol. The highest BCUT2D eigenvalue weighted by atomic mass is 19.4. The molecule has 0 aliphatic carbocycles. The number of carbonyl (C=O) groups is 1. The van der Waals surface area contributed by atoms with Gasteiger partial charge in [-0.2, -0.15) is 13.2 Å². The highest BCUT2D eigenvalue weighted by molar-refractivity contribution is 5.91. The molecule has 2 heterocycles. The third kappa shape index (κ3) is 3.54. The van der Waals surface area contributed by atoms with Gasteiger partial charge in [-0.15, -0.1) is 5.10 Å². The SMILES string of the molecule is CCONC(=O)c1cn(-c2ccc(C(F)(F)F)cn2)nn1. The van der Waals surface area contributed by atoms with Gasteiger partial charge in [-0.05, 0) is 19.1 Å². The van der Waals surface area contributed by atoms with Gasteiger partial charge in [0.2, 0.25) is 0 Å². The van der Waals surface area contributed by atoms with Crippen LogP contribution in [0.5, 0.6) is 0 Å². The van der Waals surface area contributed by atoms with Crippen molar-refractivity contribution in [2.45, 2.75) is 13.1 Å². The van der Waals surface area contributed by atoms with Crippen LogP contribution in [0.15, 0.2) is 24.5 Å². The Balaban J connectivity index is 2.16. The van der Waals surface area contributed by atoms with Crippen LogP contribution >= 0.6 is 0 Å². The van der Waals surface area contributed by atoms with Crippen LogP contribution < -0.4 is 5.48 Å². The summed E-state index contributed by atoms with van der Waals surface area (Å²) in [5.41, 5.74) is 1.19. The van der Waals surface area contributed by atoms with Gasteiger partial charge in [0.1, 0.15) is 0 Å². The lowest BCUT2D eigenvalue weighted by Crippen LogP contribution is -2.23. The lowest BCUT2D eigenvalue weighted by atomic mass is 10.3. The zero-order valence-electron chi connectivity index (χ0n) is 10.8. The molecule has 0 aromatic carbocycles. The second-order valence-electron chi connectivity index (χ2n) is 3.82. The fourth-order valence-corrected chi connectivity index (χ4v) is 1.36. The van der Waals surface area contributed by atoms with Gasteiger partial charge in [-0.1, -0.05) is 5.21 Å². The summed E-state index contributed by atoms with van der Waals surface area (Å²) < 4.78 is 38.3. The number of hydroxylamine groups is 1. The van der Waals surface area contributed by atoms with Gasteiger partial charge in [-0.3, -0.25) is 9.63 Å². The van der Waals surface area contributed by atoms with Gasteiger partial charge in [0, 0.05) is 6.20 Å². The van der Waals surface area contributed by atoms with Crippen LogP contribution in [0.3, 0.4) is 0 Å². The molecule has 0 unspecified atom stereocenters. The second-order valence-corrected chi connectivity index (χ2v) is 3.82. The van der Waals surface area contributed by atoms with Crippen LogP contribution in [-0.2, 0) is 11.0 Å². The van der Waals surface area contributed by atoms with E-state index in [1.165, 1.54) is 6.20 Å². The van der Waals surface area contributed by atoms with Crippen molar-refractivity contribution in [3.05, 3.63) is 35.8 Å². The molecule has 7 nitrogen and oxygen atoms in total. The molecule has 0 fully saturated rings. The third-order valence-electron chi connectivity index (χ3n) is 2.35. The van der Waals surface area contributed by atoms with E-state index in [1.807, 2.05) is 0 Å². The van der Waals surface area contributed by atoms with Crippen LogP contribution in [0.25, 0.3) is 5.82 Å². The molecular weight excluding hydrogens is 291 g/mol. The first-order valence-electron chi connectivity index (χ1n) is 5.80. The summed E-state index contributed by atoms with van der Waals surface area (Å²) in [5.74, 6) is -0.513. The molecule has 0 radical (unpaired) electrons. The number of hydrogen-bond donors (Lipinski definition) is 1. The monoisotopic (exact) mass is 301 g/mol. The Morgan fingerprint density at radius 1 is 1.43 bits per heavy atom. The van der Waals surface area contributed by atoms with E-state index in [4.69, 9.17) is 4.84 Å². The van der Waals surface area contributed by atoms with Crippen LogP contribution in [0.1, 0.15) is 23.0 Å². The minimum absolute atomic E-state index is 0.0508. The van der Waals surface area contributed by atoms with Crippen molar-refractivity contribution >= 4 is 5.91 Å². The molecule has 2 rings (SSSR count). The predicted octanol–water partition coefficient (Wildman–Crippen LogP) is 1.36. The Morgan fingerprint density at radius 3 is 2.76 bits per heavy atom. The maximum atomic E-state index is 12.4.